The first-order chi connectivity index (χ1) is 13.0. The van der Waals surface area contributed by atoms with Gasteiger partial charge in [0.25, 0.3) is 0 Å². The van der Waals surface area contributed by atoms with E-state index in [0.717, 1.165) is 38.2 Å². The Balaban J connectivity index is 1.56. The van der Waals surface area contributed by atoms with Crippen LogP contribution in [-0.4, -0.2) is 51.4 Å². The first-order valence-corrected chi connectivity index (χ1v) is 9.73. The number of piperidine rings is 1. The number of rotatable bonds is 7. The maximum absolute atomic E-state index is 13.8. The molecule has 1 aliphatic rings. The molecule has 1 fully saturated rings. The molecule has 2 heterocycles. The number of carbonyl (C=O) groups excluding carboxylic acids is 1. The van der Waals surface area contributed by atoms with Crippen LogP contribution in [0.25, 0.3) is 0 Å². The van der Waals surface area contributed by atoms with Crippen LogP contribution in [0.2, 0.25) is 0 Å². The molecule has 0 bridgehead atoms. The summed E-state index contributed by atoms with van der Waals surface area (Å²) in [5.41, 5.74) is 0.624. The summed E-state index contributed by atoms with van der Waals surface area (Å²) in [6.07, 6.45) is 8.03. The highest BCUT2D eigenvalue weighted by Crippen LogP contribution is 2.21. The van der Waals surface area contributed by atoms with E-state index in [1.165, 1.54) is 12.5 Å². The van der Waals surface area contributed by atoms with Crippen molar-refractivity contribution in [1.29, 1.82) is 0 Å². The second-order valence-corrected chi connectivity index (χ2v) is 7.46. The fourth-order valence-corrected chi connectivity index (χ4v) is 3.85. The van der Waals surface area contributed by atoms with Gasteiger partial charge in [-0.2, -0.15) is 0 Å². The quantitative estimate of drug-likeness (QED) is 0.749. The van der Waals surface area contributed by atoms with E-state index >= 15 is 0 Å². The van der Waals surface area contributed by atoms with Gasteiger partial charge in [-0.15, -0.1) is 0 Å². The monoisotopic (exact) mass is 372 g/mol. The van der Waals surface area contributed by atoms with E-state index in [-0.39, 0.29) is 17.8 Å². The highest BCUT2D eigenvalue weighted by molar-refractivity contribution is 5.78. The van der Waals surface area contributed by atoms with Crippen LogP contribution in [0.15, 0.2) is 36.7 Å². The minimum Gasteiger partial charge on any atom is -0.339 e. The summed E-state index contributed by atoms with van der Waals surface area (Å²) in [5, 5.41) is 0. The van der Waals surface area contributed by atoms with Gasteiger partial charge in [0.15, 0.2) is 0 Å². The van der Waals surface area contributed by atoms with Gasteiger partial charge in [0.05, 0.1) is 6.54 Å². The lowest BCUT2D eigenvalue weighted by Crippen LogP contribution is -2.47. The largest absolute Gasteiger partial charge is 0.339 e. The molecule has 1 atom stereocenters. The molecular formula is C21H29FN4O. The molecule has 1 aromatic heterocycles. The van der Waals surface area contributed by atoms with Crippen LogP contribution in [0.4, 0.5) is 4.39 Å². The Bertz CT molecular complexity index is 760. The van der Waals surface area contributed by atoms with Crippen molar-refractivity contribution < 1.29 is 9.18 Å². The number of aryl methyl sites for hydroxylation is 2. The van der Waals surface area contributed by atoms with E-state index in [1.807, 2.05) is 42.2 Å². The number of nitrogens with zero attached hydrogens (tertiary/aromatic N) is 4. The number of hydrogen-bond donors (Lipinski definition) is 0. The molecule has 0 saturated carbocycles. The molecular weight excluding hydrogens is 343 g/mol. The van der Waals surface area contributed by atoms with Crippen molar-refractivity contribution in [3.05, 3.63) is 53.9 Å². The standard InChI is InChI=1S/C21H29FN4O/c1-17-23-11-14-25(17)13-10-19-8-5-6-12-26(19)21(27)16-24(2)15-18-7-3-4-9-20(18)22/h3-4,7,9,11,14,19H,5-6,8,10,12-13,15-16H2,1-2H3/t19-/m1/s1. The van der Waals surface area contributed by atoms with Gasteiger partial charge in [0.1, 0.15) is 11.6 Å². The number of likely N-dealkylation sites (N-methyl/N-ethyl adjacent to an activating group) is 1. The maximum atomic E-state index is 13.8. The predicted molar refractivity (Wildman–Crippen MR) is 104 cm³/mol. The van der Waals surface area contributed by atoms with E-state index in [1.54, 1.807) is 12.1 Å². The van der Waals surface area contributed by atoms with Crippen molar-refractivity contribution in [2.75, 3.05) is 20.1 Å². The molecule has 1 aliphatic heterocycles. The van der Waals surface area contributed by atoms with Crippen molar-refractivity contribution in [2.24, 2.45) is 0 Å². The first kappa shape index (κ1) is 19.5. The zero-order valence-electron chi connectivity index (χ0n) is 16.3. The zero-order chi connectivity index (χ0) is 19.2. The van der Waals surface area contributed by atoms with Crippen molar-refractivity contribution in [3.63, 3.8) is 0 Å². The van der Waals surface area contributed by atoms with Crippen LogP contribution in [0.5, 0.6) is 0 Å². The fraction of sp³-hybridized carbons (Fsp3) is 0.524. The Morgan fingerprint density at radius 1 is 1.33 bits per heavy atom. The van der Waals surface area contributed by atoms with Crippen LogP contribution in [0.3, 0.4) is 0 Å². The van der Waals surface area contributed by atoms with E-state index in [4.69, 9.17) is 0 Å². The molecule has 5 nitrogen and oxygen atoms in total. The van der Waals surface area contributed by atoms with Gasteiger partial charge in [-0.05, 0) is 45.7 Å². The second-order valence-electron chi connectivity index (χ2n) is 7.46. The number of likely N-dealkylation sites (tertiary alicyclic amines) is 1. The maximum Gasteiger partial charge on any atom is 0.236 e. The summed E-state index contributed by atoms with van der Waals surface area (Å²) in [6, 6.07) is 7.02. The zero-order valence-corrected chi connectivity index (χ0v) is 16.3. The summed E-state index contributed by atoms with van der Waals surface area (Å²) in [7, 11) is 1.87. The number of benzene rings is 1. The van der Waals surface area contributed by atoms with Gasteiger partial charge in [0, 0.05) is 43.6 Å². The van der Waals surface area contributed by atoms with Crippen molar-refractivity contribution in [1.82, 2.24) is 19.4 Å². The van der Waals surface area contributed by atoms with Crippen molar-refractivity contribution >= 4 is 5.91 Å². The molecule has 146 valence electrons. The van der Waals surface area contributed by atoms with E-state index in [2.05, 4.69) is 9.55 Å². The molecule has 6 heteroatoms. The number of carbonyl (C=O) groups is 1. The summed E-state index contributed by atoms with van der Waals surface area (Å²) in [6.45, 7) is 4.45. The highest BCUT2D eigenvalue weighted by atomic mass is 19.1. The minimum absolute atomic E-state index is 0.140. The third-order valence-corrected chi connectivity index (χ3v) is 5.38. The molecule has 1 saturated heterocycles. The Morgan fingerprint density at radius 2 is 2.15 bits per heavy atom. The Kier molecular flexibility index (Phi) is 6.61. The van der Waals surface area contributed by atoms with Gasteiger partial charge in [-0.1, -0.05) is 18.2 Å². The van der Waals surface area contributed by atoms with E-state index in [9.17, 15) is 9.18 Å². The van der Waals surface area contributed by atoms with Crippen LogP contribution in [-0.2, 0) is 17.9 Å². The number of hydrogen-bond acceptors (Lipinski definition) is 3. The number of amides is 1. The average Bonchev–Trinajstić information content (AvgIpc) is 3.07. The highest BCUT2D eigenvalue weighted by Gasteiger charge is 2.27. The van der Waals surface area contributed by atoms with Gasteiger partial charge in [-0.3, -0.25) is 9.69 Å². The third-order valence-electron chi connectivity index (χ3n) is 5.38. The summed E-state index contributed by atoms with van der Waals surface area (Å²) >= 11 is 0. The lowest BCUT2D eigenvalue weighted by atomic mass is 9.99. The van der Waals surface area contributed by atoms with Crippen LogP contribution < -0.4 is 0 Å². The molecule has 0 unspecified atom stereocenters. The summed E-state index contributed by atoms with van der Waals surface area (Å²) < 4.78 is 16.0. The minimum atomic E-state index is -0.219. The number of imidazole rings is 1. The molecule has 0 radical (unpaired) electrons. The van der Waals surface area contributed by atoms with Crippen molar-refractivity contribution in [2.45, 2.75) is 51.7 Å². The molecule has 27 heavy (non-hydrogen) atoms. The molecule has 0 N–H and O–H groups in total. The molecule has 1 aromatic carbocycles. The molecule has 1 amide bonds. The Morgan fingerprint density at radius 3 is 2.89 bits per heavy atom. The van der Waals surface area contributed by atoms with Crippen LogP contribution >= 0.6 is 0 Å². The lowest BCUT2D eigenvalue weighted by Gasteiger charge is -2.37. The second kappa shape index (κ2) is 9.13. The van der Waals surface area contributed by atoms with Crippen LogP contribution in [0.1, 0.15) is 37.1 Å². The molecule has 2 aromatic rings. The van der Waals surface area contributed by atoms with Gasteiger partial charge >= 0.3 is 0 Å². The van der Waals surface area contributed by atoms with E-state index in [0.29, 0.717) is 18.7 Å². The van der Waals surface area contributed by atoms with Crippen LogP contribution in [0, 0.1) is 12.7 Å². The van der Waals surface area contributed by atoms with Crippen molar-refractivity contribution in [3.8, 4) is 0 Å². The summed E-state index contributed by atoms with van der Waals surface area (Å²) in [4.78, 5) is 21.1. The lowest BCUT2D eigenvalue weighted by molar-refractivity contribution is -0.136. The third kappa shape index (κ3) is 5.16. The molecule has 0 aliphatic carbocycles. The van der Waals surface area contributed by atoms with Gasteiger partial charge in [-0.25, -0.2) is 9.37 Å². The SMILES string of the molecule is Cc1nccn1CC[C@H]1CCCCN1C(=O)CN(C)Cc1ccccc1F. The van der Waals surface area contributed by atoms with Gasteiger partial charge < -0.3 is 9.47 Å². The molecule has 3 rings (SSSR count). The predicted octanol–water partition coefficient (Wildman–Crippen LogP) is 3.23. The Hall–Kier alpha value is -2.21. The van der Waals surface area contributed by atoms with Gasteiger partial charge in [0.2, 0.25) is 5.91 Å². The fourth-order valence-electron chi connectivity index (χ4n) is 3.85. The normalized spacial score (nSPS) is 17.5. The number of halogens is 1. The summed E-state index contributed by atoms with van der Waals surface area (Å²) in [5.74, 6) is 0.928. The Labute approximate surface area is 160 Å². The number of aromatic nitrogens is 2. The first-order valence-electron chi connectivity index (χ1n) is 9.73. The average molecular weight is 372 g/mol. The smallest absolute Gasteiger partial charge is 0.236 e. The van der Waals surface area contributed by atoms with E-state index < -0.39 is 0 Å². The topological polar surface area (TPSA) is 41.4 Å². The molecule has 0 spiro atoms.